The smallest absolute Gasteiger partial charge is 0.228 e. The van der Waals surface area contributed by atoms with Crippen molar-refractivity contribution in [3.8, 4) is 0 Å². The van der Waals surface area contributed by atoms with Crippen molar-refractivity contribution in [1.29, 1.82) is 0 Å². The lowest BCUT2D eigenvalue weighted by molar-refractivity contribution is -0.136. The number of nitrogens with zero attached hydrogens (tertiary/aromatic N) is 4. The van der Waals surface area contributed by atoms with E-state index in [-0.39, 0.29) is 12.0 Å². The SMILES string of the molecule is O=C(C1CCCC1)N1CCC[C@H]1c1ccnc(Nc2ccccn2)n1. The number of rotatable bonds is 4. The molecule has 130 valence electrons. The molecular weight excluding hydrogens is 314 g/mol. The minimum Gasteiger partial charge on any atom is -0.334 e. The largest absolute Gasteiger partial charge is 0.334 e. The molecule has 0 spiro atoms. The predicted octanol–water partition coefficient (Wildman–Crippen LogP) is 3.47. The Morgan fingerprint density at radius 1 is 1.04 bits per heavy atom. The summed E-state index contributed by atoms with van der Waals surface area (Å²) < 4.78 is 0. The summed E-state index contributed by atoms with van der Waals surface area (Å²) in [6, 6.07) is 7.65. The van der Waals surface area contributed by atoms with Crippen molar-refractivity contribution in [3.63, 3.8) is 0 Å². The van der Waals surface area contributed by atoms with Crippen LogP contribution in [-0.2, 0) is 4.79 Å². The first-order valence-corrected chi connectivity index (χ1v) is 9.13. The highest BCUT2D eigenvalue weighted by atomic mass is 16.2. The van der Waals surface area contributed by atoms with E-state index in [0.29, 0.717) is 17.7 Å². The molecular formula is C19H23N5O. The standard InChI is InChI=1S/C19H23N5O/c25-18(14-6-1-2-7-14)24-13-5-8-16(24)15-10-12-21-19(22-15)23-17-9-3-4-11-20-17/h3-4,9-12,14,16H,1-2,5-8,13H2,(H,20,21,22,23)/t16-/m0/s1. The van der Waals surface area contributed by atoms with Gasteiger partial charge in [0.15, 0.2) is 0 Å². The van der Waals surface area contributed by atoms with Gasteiger partial charge in [0, 0.05) is 24.9 Å². The number of hydrogen-bond acceptors (Lipinski definition) is 5. The third-order valence-corrected chi connectivity index (χ3v) is 5.16. The third kappa shape index (κ3) is 3.48. The molecule has 1 amide bonds. The van der Waals surface area contributed by atoms with Crippen LogP contribution in [0.15, 0.2) is 36.7 Å². The molecule has 1 atom stereocenters. The molecule has 0 unspecified atom stereocenters. The monoisotopic (exact) mass is 337 g/mol. The topological polar surface area (TPSA) is 71.0 Å². The molecule has 1 N–H and O–H groups in total. The molecule has 2 fully saturated rings. The van der Waals surface area contributed by atoms with E-state index in [0.717, 1.165) is 37.9 Å². The van der Waals surface area contributed by atoms with E-state index < -0.39 is 0 Å². The Labute approximate surface area is 147 Å². The van der Waals surface area contributed by atoms with Crippen LogP contribution < -0.4 is 5.32 Å². The predicted molar refractivity (Wildman–Crippen MR) is 95.2 cm³/mol. The van der Waals surface area contributed by atoms with Crippen molar-refractivity contribution in [3.05, 3.63) is 42.4 Å². The summed E-state index contributed by atoms with van der Waals surface area (Å²) in [4.78, 5) is 28.1. The van der Waals surface area contributed by atoms with Crippen molar-refractivity contribution in [2.45, 2.75) is 44.6 Å². The average Bonchev–Trinajstić information content (AvgIpc) is 3.34. The Morgan fingerprint density at radius 2 is 1.92 bits per heavy atom. The van der Waals surface area contributed by atoms with Crippen LogP contribution in [-0.4, -0.2) is 32.3 Å². The van der Waals surface area contributed by atoms with Crippen molar-refractivity contribution < 1.29 is 4.79 Å². The Hall–Kier alpha value is -2.50. The van der Waals surface area contributed by atoms with Crippen LogP contribution in [0.2, 0.25) is 0 Å². The quantitative estimate of drug-likeness (QED) is 0.925. The highest BCUT2D eigenvalue weighted by Gasteiger charge is 2.35. The zero-order chi connectivity index (χ0) is 17.1. The highest BCUT2D eigenvalue weighted by Crippen LogP contribution is 2.35. The van der Waals surface area contributed by atoms with E-state index in [9.17, 15) is 4.79 Å². The fourth-order valence-corrected chi connectivity index (χ4v) is 3.91. The summed E-state index contributed by atoms with van der Waals surface area (Å²) in [6.45, 7) is 0.840. The van der Waals surface area contributed by atoms with Gasteiger partial charge in [-0.1, -0.05) is 18.9 Å². The summed E-state index contributed by atoms with van der Waals surface area (Å²) >= 11 is 0. The summed E-state index contributed by atoms with van der Waals surface area (Å²) in [6.07, 6.45) is 9.93. The minimum absolute atomic E-state index is 0.0698. The van der Waals surface area contributed by atoms with Crippen molar-refractivity contribution in [2.24, 2.45) is 5.92 Å². The number of carbonyl (C=O) groups excluding carboxylic acids is 1. The maximum atomic E-state index is 12.9. The van der Waals surface area contributed by atoms with E-state index in [1.54, 1.807) is 12.4 Å². The van der Waals surface area contributed by atoms with Crippen LogP contribution in [0, 0.1) is 5.92 Å². The Kier molecular flexibility index (Phi) is 4.59. The Balaban J connectivity index is 1.52. The number of carbonyl (C=O) groups is 1. The van der Waals surface area contributed by atoms with Crippen LogP contribution in [0.25, 0.3) is 0 Å². The van der Waals surface area contributed by atoms with Crippen LogP contribution in [0.1, 0.15) is 50.3 Å². The summed E-state index contributed by atoms with van der Waals surface area (Å²) in [5.74, 6) is 1.77. The van der Waals surface area contributed by atoms with Crippen LogP contribution in [0.4, 0.5) is 11.8 Å². The molecule has 6 heteroatoms. The second kappa shape index (κ2) is 7.17. The van der Waals surface area contributed by atoms with Crippen molar-refractivity contribution >= 4 is 17.7 Å². The Morgan fingerprint density at radius 3 is 2.72 bits per heavy atom. The lowest BCUT2D eigenvalue weighted by Crippen LogP contribution is -2.35. The normalized spacial score (nSPS) is 20.8. The van der Waals surface area contributed by atoms with Gasteiger partial charge in [-0.05, 0) is 43.9 Å². The number of hydrogen-bond donors (Lipinski definition) is 1. The maximum absolute atomic E-state index is 12.9. The molecule has 25 heavy (non-hydrogen) atoms. The summed E-state index contributed by atoms with van der Waals surface area (Å²) in [7, 11) is 0. The number of nitrogens with one attached hydrogen (secondary N) is 1. The minimum atomic E-state index is 0.0698. The highest BCUT2D eigenvalue weighted by molar-refractivity contribution is 5.79. The second-order valence-corrected chi connectivity index (χ2v) is 6.82. The van der Waals surface area contributed by atoms with Gasteiger partial charge in [0.1, 0.15) is 5.82 Å². The van der Waals surface area contributed by atoms with Gasteiger partial charge < -0.3 is 10.2 Å². The molecule has 0 bridgehead atoms. The number of anilines is 2. The van der Waals surface area contributed by atoms with Crippen LogP contribution in [0.5, 0.6) is 0 Å². The average molecular weight is 337 g/mol. The van der Waals surface area contributed by atoms with Crippen LogP contribution in [0.3, 0.4) is 0 Å². The molecule has 2 aliphatic rings. The zero-order valence-electron chi connectivity index (χ0n) is 14.3. The molecule has 1 aliphatic heterocycles. The van der Waals surface area contributed by atoms with Gasteiger partial charge in [-0.25, -0.2) is 15.0 Å². The molecule has 2 aromatic rings. The number of amides is 1. The van der Waals surface area contributed by atoms with Crippen LogP contribution >= 0.6 is 0 Å². The molecule has 0 radical (unpaired) electrons. The van der Waals surface area contributed by atoms with Crippen molar-refractivity contribution in [2.75, 3.05) is 11.9 Å². The van der Waals surface area contributed by atoms with E-state index >= 15 is 0 Å². The molecule has 1 saturated heterocycles. The first kappa shape index (κ1) is 16.0. The Bertz CT molecular complexity index is 730. The van der Waals surface area contributed by atoms with E-state index in [2.05, 4.69) is 20.3 Å². The lowest BCUT2D eigenvalue weighted by atomic mass is 10.0. The number of likely N-dealkylation sites (tertiary alicyclic amines) is 1. The van der Waals surface area contributed by atoms with Gasteiger partial charge in [-0.2, -0.15) is 0 Å². The number of aromatic nitrogens is 3. The lowest BCUT2D eigenvalue weighted by Gasteiger charge is -2.27. The fourth-order valence-electron chi connectivity index (χ4n) is 3.91. The fraction of sp³-hybridized carbons (Fsp3) is 0.474. The van der Waals surface area contributed by atoms with Gasteiger partial charge in [0.25, 0.3) is 0 Å². The van der Waals surface area contributed by atoms with Gasteiger partial charge >= 0.3 is 0 Å². The van der Waals surface area contributed by atoms with Gasteiger partial charge in [-0.15, -0.1) is 0 Å². The van der Waals surface area contributed by atoms with Gasteiger partial charge in [0.2, 0.25) is 11.9 Å². The first-order valence-electron chi connectivity index (χ1n) is 9.13. The molecule has 1 aliphatic carbocycles. The molecule has 1 saturated carbocycles. The summed E-state index contributed by atoms with van der Waals surface area (Å²) in [5, 5.41) is 3.13. The molecule has 4 rings (SSSR count). The molecule has 0 aromatic carbocycles. The molecule has 6 nitrogen and oxygen atoms in total. The molecule has 3 heterocycles. The van der Waals surface area contributed by atoms with E-state index in [1.807, 2.05) is 29.2 Å². The first-order chi connectivity index (χ1) is 12.3. The number of pyridine rings is 1. The van der Waals surface area contributed by atoms with E-state index in [4.69, 9.17) is 0 Å². The zero-order valence-corrected chi connectivity index (χ0v) is 14.3. The summed E-state index contributed by atoms with van der Waals surface area (Å²) in [5.41, 5.74) is 0.914. The van der Waals surface area contributed by atoms with Gasteiger partial charge in [-0.3, -0.25) is 4.79 Å². The van der Waals surface area contributed by atoms with Gasteiger partial charge in [0.05, 0.1) is 11.7 Å². The maximum Gasteiger partial charge on any atom is 0.228 e. The third-order valence-electron chi connectivity index (χ3n) is 5.16. The second-order valence-electron chi connectivity index (χ2n) is 6.82. The van der Waals surface area contributed by atoms with Crippen molar-refractivity contribution in [1.82, 2.24) is 19.9 Å². The van der Waals surface area contributed by atoms with E-state index in [1.165, 1.54) is 12.8 Å². The molecule has 2 aromatic heterocycles.